The molecule has 3 nitrogen and oxygen atoms in total. The molecule has 1 saturated heterocycles. The van der Waals surface area contributed by atoms with Crippen molar-refractivity contribution in [2.45, 2.75) is 31.3 Å². The third-order valence-electron chi connectivity index (χ3n) is 5.76. The maximum atomic E-state index is 13.8. The van der Waals surface area contributed by atoms with Crippen LogP contribution in [0.3, 0.4) is 0 Å². The Labute approximate surface area is 181 Å². The molecule has 1 aliphatic rings. The van der Waals surface area contributed by atoms with E-state index in [9.17, 15) is 13.6 Å². The average molecular weight is 421 g/mol. The van der Waals surface area contributed by atoms with E-state index in [4.69, 9.17) is 4.74 Å². The van der Waals surface area contributed by atoms with Gasteiger partial charge in [0.2, 0.25) is 5.91 Å². The molecule has 0 unspecified atom stereocenters. The third kappa shape index (κ3) is 5.29. The maximum Gasteiger partial charge on any atom is 0.223 e. The molecule has 0 N–H and O–H groups in total. The van der Waals surface area contributed by atoms with Crippen molar-refractivity contribution in [3.63, 3.8) is 0 Å². The highest BCUT2D eigenvalue weighted by atomic mass is 19.1. The van der Waals surface area contributed by atoms with Crippen LogP contribution in [0.25, 0.3) is 0 Å². The van der Waals surface area contributed by atoms with Gasteiger partial charge in [-0.3, -0.25) is 4.79 Å². The summed E-state index contributed by atoms with van der Waals surface area (Å²) in [5.74, 6) is -1.18. The smallest absolute Gasteiger partial charge is 0.223 e. The van der Waals surface area contributed by atoms with E-state index in [0.29, 0.717) is 32.4 Å². The van der Waals surface area contributed by atoms with E-state index in [1.807, 2.05) is 41.3 Å². The number of carbonyl (C=O) groups is 1. The summed E-state index contributed by atoms with van der Waals surface area (Å²) in [6, 6.07) is 23.5. The summed E-state index contributed by atoms with van der Waals surface area (Å²) in [6.45, 7) is 1.12. The summed E-state index contributed by atoms with van der Waals surface area (Å²) >= 11 is 0. The van der Waals surface area contributed by atoms with Crippen molar-refractivity contribution in [1.82, 2.24) is 4.90 Å². The number of halogens is 2. The lowest BCUT2D eigenvalue weighted by molar-refractivity contribution is -0.133. The molecule has 1 heterocycles. The Morgan fingerprint density at radius 3 is 2.03 bits per heavy atom. The number of hydrogen-bond donors (Lipinski definition) is 0. The molecule has 1 aliphatic heterocycles. The van der Waals surface area contributed by atoms with E-state index >= 15 is 0 Å². The SMILES string of the molecule is O=C(CC(c1ccccc1)c1ccccc1)N1CCC(Oc2ccc(F)cc2F)CC1. The number of rotatable bonds is 6. The van der Waals surface area contributed by atoms with Gasteiger partial charge < -0.3 is 9.64 Å². The van der Waals surface area contributed by atoms with Crippen LogP contribution < -0.4 is 4.74 Å². The molecule has 0 saturated carbocycles. The Morgan fingerprint density at radius 1 is 0.903 bits per heavy atom. The Bertz CT molecular complexity index is 963. The first-order valence-electron chi connectivity index (χ1n) is 10.6. The van der Waals surface area contributed by atoms with Gasteiger partial charge >= 0.3 is 0 Å². The minimum atomic E-state index is -0.702. The van der Waals surface area contributed by atoms with Gasteiger partial charge in [-0.25, -0.2) is 8.78 Å². The minimum absolute atomic E-state index is 0.00261. The number of benzene rings is 3. The molecule has 1 amide bonds. The van der Waals surface area contributed by atoms with E-state index < -0.39 is 11.6 Å². The molecule has 5 heteroatoms. The lowest BCUT2D eigenvalue weighted by Crippen LogP contribution is -2.42. The molecule has 3 aromatic carbocycles. The molecule has 0 aliphatic carbocycles. The molecule has 0 bridgehead atoms. The molecule has 31 heavy (non-hydrogen) atoms. The maximum absolute atomic E-state index is 13.8. The van der Waals surface area contributed by atoms with Crippen LogP contribution in [0.5, 0.6) is 5.75 Å². The van der Waals surface area contributed by atoms with Crippen LogP contribution in [0.2, 0.25) is 0 Å². The number of hydrogen-bond acceptors (Lipinski definition) is 2. The molecule has 1 fully saturated rings. The second-order valence-electron chi connectivity index (χ2n) is 7.85. The number of piperidine rings is 1. The normalized spacial score (nSPS) is 14.6. The molecule has 4 rings (SSSR count). The Morgan fingerprint density at radius 2 is 1.48 bits per heavy atom. The van der Waals surface area contributed by atoms with Crippen molar-refractivity contribution in [1.29, 1.82) is 0 Å². The first-order valence-corrected chi connectivity index (χ1v) is 10.6. The van der Waals surface area contributed by atoms with Gasteiger partial charge in [0.1, 0.15) is 11.9 Å². The van der Waals surface area contributed by atoms with Gasteiger partial charge in [0.05, 0.1) is 0 Å². The monoisotopic (exact) mass is 421 g/mol. The molecule has 3 aromatic rings. The fourth-order valence-electron chi connectivity index (χ4n) is 4.08. The fraction of sp³-hybridized carbons (Fsp3) is 0.269. The predicted octanol–water partition coefficient (Wildman–Crippen LogP) is 5.56. The van der Waals surface area contributed by atoms with Crippen molar-refractivity contribution < 1.29 is 18.3 Å². The highest BCUT2D eigenvalue weighted by molar-refractivity contribution is 5.78. The van der Waals surface area contributed by atoms with Gasteiger partial charge in [0.25, 0.3) is 0 Å². The third-order valence-corrected chi connectivity index (χ3v) is 5.76. The summed E-state index contributed by atoms with van der Waals surface area (Å²) in [6.07, 6.45) is 1.43. The molecular weight excluding hydrogens is 396 g/mol. The highest BCUT2D eigenvalue weighted by Crippen LogP contribution is 2.29. The standard InChI is InChI=1S/C26H25F2NO2/c27-21-11-12-25(24(28)17-21)31-22-13-15-29(16-14-22)26(30)18-23(19-7-3-1-4-8-19)20-9-5-2-6-10-20/h1-12,17,22-23H,13-16,18H2. The van der Waals surface area contributed by atoms with E-state index in [0.717, 1.165) is 17.2 Å². The van der Waals surface area contributed by atoms with Gasteiger partial charge in [-0.2, -0.15) is 0 Å². The van der Waals surface area contributed by atoms with E-state index in [-0.39, 0.29) is 23.7 Å². The van der Waals surface area contributed by atoms with E-state index in [1.54, 1.807) is 0 Å². The summed E-state index contributed by atoms with van der Waals surface area (Å²) in [7, 11) is 0. The molecule has 0 radical (unpaired) electrons. The van der Waals surface area contributed by atoms with E-state index in [2.05, 4.69) is 24.3 Å². The fourth-order valence-corrected chi connectivity index (χ4v) is 4.08. The largest absolute Gasteiger partial charge is 0.487 e. The lowest BCUT2D eigenvalue weighted by Gasteiger charge is -2.33. The zero-order valence-corrected chi connectivity index (χ0v) is 17.2. The average Bonchev–Trinajstić information content (AvgIpc) is 2.81. The minimum Gasteiger partial charge on any atom is -0.487 e. The first-order chi connectivity index (χ1) is 15.1. The predicted molar refractivity (Wildman–Crippen MR) is 116 cm³/mol. The summed E-state index contributed by atoms with van der Waals surface area (Å²) < 4.78 is 32.6. The van der Waals surface area contributed by atoms with Crippen LogP contribution in [0.15, 0.2) is 78.9 Å². The van der Waals surface area contributed by atoms with Crippen LogP contribution in [0.4, 0.5) is 8.78 Å². The van der Waals surface area contributed by atoms with Gasteiger partial charge in [0, 0.05) is 44.3 Å². The van der Waals surface area contributed by atoms with Crippen molar-refractivity contribution in [2.24, 2.45) is 0 Å². The Kier molecular flexibility index (Phi) is 6.60. The molecule has 0 atom stereocenters. The van der Waals surface area contributed by atoms with Crippen molar-refractivity contribution in [3.8, 4) is 5.75 Å². The van der Waals surface area contributed by atoms with E-state index in [1.165, 1.54) is 12.1 Å². The van der Waals surface area contributed by atoms with Gasteiger partial charge in [-0.15, -0.1) is 0 Å². The Hall–Kier alpha value is -3.21. The number of carbonyl (C=O) groups excluding carboxylic acids is 1. The van der Waals surface area contributed by atoms with Crippen LogP contribution in [-0.4, -0.2) is 30.0 Å². The van der Waals surface area contributed by atoms with Gasteiger partial charge in [-0.05, 0) is 23.3 Å². The van der Waals surface area contributed by atoms with Crippen molar-refractivity contribution in [3.05, 3.63) is 102 Å². The zero-order valence-electron chi connectivity index (χ0n) is 17.2. The summed E-state index contributed by atoms with van der Waals surface area (Å²) in [5.41, 5.74) is 2.24. The highest BCUT2D eigenvalue weighted by Gasteiger charge is 2.27. The lowest BCUT2D eigenvalue weighted by atomic mass is 9.88. The van der Waals surface area contributed by atoms with Crippen LogP contribution in [0, 0.1) is 11.6 Å². The summed E-state index contributed by atoms with van der Waals surface area (Å²) in [4.78, 5) is 15.0. The van der Waals surface area contributed by atoms with Gasteiger partial charge in [0.15, 0.2) is 11.6 Å². The van der Waals surface area contributed by atoms with Crippen LogP contribution in [0.1, 0.15) is 36.3 Å². The van der Waals surface area contributed by atoms with Crippen molar-refractivity contribution in [2.75, 3.05) is 13.1 Å². The second-order valence-corrected chi connectivity index (χ2v) is 7.85. The molecule has 0 spiro atoms. The molecular formula is C26H25F2NO2. The number of likely N-dealkylation sites (tertiary alicyclic amines) is 1. The topological polar surface area (TPSA) is 29.5 Å². The Balaban J connectivity index is 1.38. The van der Waals surface area contributed by atoms with Crippen LogP contribution >= 0.6 is 0 Å². The first kappa shape index (κ1) is 21.0. The van der Waals surface area contributed by atoms with Gasteiger partial charge in [-0.1, -0.05) is 60.7 Å². The number of ether oxygens (including phenoxy) is 1. The quantitative estimate of drug-likeness (QED) is 0.522. The molecule has 0 aromatic heterocycles. The van der Waals surface area contributed by atoms with Crippen LogP contribution in [-0.2, 0) is 4.79 Å². The number of amides is 1. The summed E-state index contributed by atoms with van der Waals surface area (Å²) in [5, 5.41) is 0. The second kappa shape index (κ2) is 9.73. The molecule has 160 valence electrons. The number of nitrogens with zero attached hydrogens (tertiary/aromatic N) is 1. The van der Waals surface area contributed by atoms with Crippen molar-refractivity contribution >= 4 is 5.91 Å². The zero-order chi connectivity index (χ0) is 21.6.